The average Bonchev–Trinajstić information content (AvgIpc) is 3.63. The summed E-state index contributed by atoms with van der Waals surface area (Å²) in [6.45, 7) is 1.17. The van der Waals surface area contributed by atoms with E-state index in [4.69, 9.17) is 23.2 Å². The number of carbonyl (C=O) groups excluding carboxylic acids is 1. The Balaban J connectivity index is 1.65. The van der Waals surface area contributed by atoms with Crippen molar-refractivity contribution in [2.24, 2.45) is 0 Å². The molecule has 12 heteroatoms. The molecule has 1 heterocycles. The van der Waals surface area contributed by atoms with Gasteiger partial charge in [-0.3, -0.25) is 0 Å². The predicted octanol–water partition coefficient (Wildman–Crippen LogP) is 7.15. The molecular weight excluding hydrogens is 543 g/mol. The fraction of sp³-hybridized carbons (Fsp3) is 0.480. The zero-order valence-electron chi connectivity index (χ0n) is 20.0. The molecule has 1 aliphatic heterocycles. The maximum Gasteiger partial charge on any atom is 0.416 e. The Hall–Kier alpha value is -2.17. The first kappa shape index (κ1) is 27.9. The Bertz CT molecular complexity index is 1130. The molecule has 2 amide bonds. The van der Waals surface area contributed by atoms with Crippen molar-refractivity contribution < 1.29 is 31.1 Å². The van der Waals surface area contributed by atoms with Crippen LogP contribution in [0.4, 0.5) is 31.1 Å². The summed E-state index contributed by atoms with van der Waals surface area (Å²) in [5, 5.41) is 4.17. The second-order valence-electron chi connectivity index (χ2n) is 9.65. The molecule has 1 N–H and O–H groups in total. The molecule has 0 bridgehead atoms. The van der Waals surface area contributed by atoms with Crippen molar-refractivity contribution in [3.05, 3.63) is 68.7 Å². The number of nitrogens with zero attached hydrogens (tertiary/aromatic N) is 2. The van der Waals surface area contributed by atoms with Crippen molar-refractivity contribution in [3.8, 4) is 0 Å². The van der Waals surface area contributed by atoms with Crippen molar-refractivity contribution in [1.29, 1.82) is 0 Å². The van der Waals surface area contributed by atoms with E-state index < -0.39 is 35.0 Å². The number of piperidine rings is 1. The van der Waals surface area contributed by atoms with Crippen molar-refractivity contribution in [1.82, 2.24) is 15.1 Å². The predicted molar refractivity (Wildman–Crippen MR) is 129 cm³/mol. The maximum atomic E-state index is 13.6. The van der Waals surface area contributed by atoms with E-state index in [0.717, 1.165) is 5.56 Å². The molecule has 1 saturated heterocycles. The van der Waals surface area contributed by atoms with Crippen LogP contribution in [0.5, 0.6) is 0 Å². The third kappa shape index (κ3) is 5.66. The Morgan fingerprint density at radius 2 is 1.46 bits per heavy atom. The van der Waals surface area contributed by atoms with E-state index in [1.807, 2.05) is 0 Å². The second kappa shape index (κ2) is 9.85. The number of likely N-dealkylation sites (N-methyl/N-ethyl adjacent to an activating group) is 1. The number of hydrogen-bond donors (Lipinski definition) is 1. The molecule has 4 rings (SSSR count). The molecule has 2 aromatic carbocycles. The normalized spacial score (nSPS) is 21.5. The molecule has 37 heavy (non-hydrogen) atoms. The molecule has 2 fully saturated rings. The van der Waals surface area contributed by atoms with Crippen molar-refractivity contribution in [2.75, 3.05) is 27.2 Å². The number of carbonyl (C=O) groups is 1. The highest BCUT2D eigenvalue weighted by Crippen LogP contribution is 2.53. The Morgan fingerprint density at radius 1 is 0.919 bits per heavy atom. The fourth-order valence-corrected chi connectivity index (χ4v) is 5.70. The lowest BCUT2D eigenvalue weighted by Gasteiger charge is -2.42. The molecule has 1 aliphatic carbocycles. The Labute approximate surface area is 220 Å². The summed E-state index contributed by atoms with van der Waals surface area (Å²) in [5.74, 6) is -0.173. The van der Waals surface area contributed by atoms with E-state index in [-0.39, 0.29) is 36.4 Å². The number of urea groups is 1. The van der Waals surface area contributed by atoms with Crippen LogP contribution in [0, 0.1) is 0 Å². The van der Waals surface area contributed by atoms with Crippen molar-refractivity contribution in [3.63, 3.8) is 0 Å². The highest BCUT2D eigenvalue weighted by molar-refractivity contribution is 6.34. The first-order valence-corrected chi connectivity index (χ1v) is 12.4. The first-order chi connectivity index (χ1) is 17.1. The summed E-state index contributed by atoms with van der Waals surface area (Å²) in [7, 11) is 3.02. The number of halogens is 8. The largest absolute Gasteiger partial charge is 0.416 e. The molecule has 0 aromatic heterocycles. The number of alkyl halides is 6. The average molecular weight is 568 g/mol. The SMILES string of the molecule is CN(C(=O)N(C)C1(c2cc(C(F)(F)F)cc(C(F)(F)F)c2)CC1)[C@@H]1CCNC[C@H]1c1cc(Cl)cc(Cl)c1. The number of rotatable bonds is 4. The molecule has 0 spiro atoms. The highest BCUT2D eigenvalue weighted by Gasteiger charge is 2.53. The van der Waals surface area contributed by atoms with E-state index in [0.29, 0.717) is 41.7 Å². The van der Waals surface area contributed by atoms with Crippen LogP contribution in [0.15, 0.2) is 36.4 Å². The van der Waals surface area contributed by atoms with Gasteiger partial charge in [0.05, 0.1) is 16.7 Å². The molecule has 202 valence electrons. The summed E-state index contributed by atoms with van der Waals surface area (Å²) >= 11 is 12.4. The van der Waals surface area contributed by atoms with Gasteiger partial charge in [0.1, 0.15) is 0 Å². The second-order valence-corrected chi connectivity index (χ2v) is 10.5. The molecule has 4 nitrogen and oxygen atoms in total. The van der Waals surface area contributed by atoms with Gasteiger partial charge >= 0.3 is 18.4 Å². The van der Waals surface area contributed by atoms with Crippen LogP contribution in [-0.2, 0) is 17.9 Å². The van der Waals surface area contributed by atoms with E-state index in [2.05, 4.69) is 5.32 Å². The van der Waals surface area contributed by atoms with Gasteiger partial charge in [0.25, 0.3) is 0 Å². The molecule has 2 atom stereocenters. The van der Waals surface area contributed by atoms with E-state index in [1.165, 1.54) is 16.8 Å². The number of nitrogens with one attached hydrogen (secondary N) is 1. The first-order valence-electron chi connectivity index (χ1n) is 11.6. The molecule has 1 saturated carbocycles. The van der Waals surface area contributed by atoms with Crippen LogP contribution in [0.25, 0.3) is 0 Å². The number of hydrogen-bond acceptors (Lipinski definition) is 2. The number of benzene rings is 2. The Kier molecular flexibility index (Phi) is 7.42. The lowest BCUT2D eigenvalue weighted by Crippen LogP contribution is -2.53. The topological polar surface area (TPSA) is 35.6 Å². The smallest absolute Gasteiger partial charge is 0.324 e. The summed E-state index contributed by atoms with van der Waals surface area (Å²) in [6, 6.07) is 5.88. The van der Waals surface area contributed by atoms with Gasteiger partial charge in [0, 0.05) is 42.6 Å². The zero-order chi connectivity index (χ0) is 27.3. The lowest BCUT2D eigenvalue weighted by molar-refractivity contribution is -0.143. The summed E-state index contributed by atoms with van der Waals surface area (Å²) in [5.41, 5.74) is -3.40. The standard InChI is InChI=1S/C25H25Cl2F6N3O/c1-35(21-3-6-34-13-20(21)14-7-18(26)12-19(27)8-14)22(37)36(2)23(4-5-23)15-9-16(24(28,29)30)11-17(10-15)25(31,32)33/h7-12,20-21,34H,3-6,13H2,1-2H3/t20-,21+/m0/s1. The summed E-state index contributed by atoms with van der Waals surface area (Å²) in [6.07, 6.45) is -8.85. The molecule has 0 radical (unpaired) electrons. The quantitative estimate of drug-likeness (QED) is 0.398. The third-order valence-electron chi connectivity index (χ3n) is 7.34. The number of amides is 2. The van der Waals surface area contributed by atoms with Gasteiger partial charge in [0.15, 0.2) is 0 Å². The minimum Gasteiger partial charge on any atom is -0.324 e. The molecular formula is C25H25Cl2F6N3O. The van der Waals surface area contributed by atoms with Crippen LogP contribution in [0.1, 0.15) is 47.4 Å². The molecule has 2 aliphatic rings. The van der Waals surface area contributed by atoms with Crippen LogP contribution in [-0.4, -0.2) is 49.1 Å². The van der Waals surface area contributed by atoms with Gasteiger partial charge < -0.3 is 15.1 Å². The van der Waals surface area contributed by atoms with Gasteiger partial charge in [0.2, 0.25) is 0 Å². The highest BCUT2D eigenvalue weighted by atomic mass is 35.5. The summed E-state index contributed by atoms with van der Waals surface area (Å²) < 4.78 is 80.7. The van der Waals surface area contributed by atoms with Crippen LogP contribution in [0.2, 0.25) is 10.0 Å². The van der Waals surface area contributed by atoms with Gasteiger partial charge in [-0.2, -0.15) is 26.3 Å². The monoisotopic (exact) mass is 567 g/mol. The fourth-order valence-electron chi connectivity index (χ4n) is 5.16. The van der Waals surface area contributed by atoms with Gasteiger partial charge in [-0.05, 0) is 73.3 Å². The Morgan fingerprint density at radius 3 is 1.95 bits per heavy atom. The zero-order valence-corrected chi connectivity index (χ0v) is 21.5. The van der Waals surface area contributed by atoms with Gasteiger partial charge in [-0.15, -0.1) is 0 Å². The maximum absolute atomic E-state index is 13.6. The van der Waals surface area contributed by atoms with E-state index in [9.17, 15) is 31.1 Å². The third-order valence-corrected chi connectivity index (χ3v) is 7.77. The van der Waals surface area contributed by atoms with Crippen LogP contribution >= 0.6 is 23.2 Å². The van der Waals surface area contributed by atoms with Crippen LogP contribution in [0.3, 0.4) is 0 Å². The summed E-state index contributed by atoms with van der Waals surface area (Å²) in [4.78, 5) is 16.4. The molecule has 0 unspecified atom stereocenters. The molecule has 2 aromatic rings. The minimum absolute atomic E-state index is 0.100. The van der Waals surface area contributed by atoms with Gasteiger partial charge in [-0.1, -0.05) is 23.2 Å². The van der Waals surface area contributed by atoms with E-state index in [1.54, 1.807) is 25.2 Å². The van der Waals surface area contributed by atoms with Crippen molar-refractivity contribution >= 4 is 29.2 Å². The minimum atomic E-state index is -4.97. The van der Waals surface area contributed by atoms with Crippen LogP contribution < -0.4 is 5.32 Å². The lowest BCUT2D eigenvalue weighted by atomic mass is 9.86. The van der Waals surface area contributed by atoms with E-state index >= 15 is 0 Å². The van der Waals surface area contributed by atoms with Crippen molar-refractivity contribution in [2.45, 2.75) is 49.1 Å². The van der Waals surface area contributed by atoms with Gasteiger partial charge in [-0.25, -0.2) is 4.79 Å².